The van der Waals surface area contributed by atoms with E-state index in [0.717, 1.165) is 19.3 Å². The monoisotopic (exact) mass is 457 g/mol. The molecule has 184 valence electrons. The summed E-state index contributed by atoms with van der Waals surface area (Å²) in [6.45, 7) is 0.893. The fourth-order valence-corrected chi connectivity index (χ4v) is 1.10. The first-order chi connectivity index (χ1) is 14.3. The predicted molar refractivity (Wildman–Crippen MR) is 109 cm³/mol. The van der Waals surface area contributed by atoms with Crippen LogP contribution in [0.1, 0.15) is 38.5 Å². The van der Waals surface area contributed by atoms with E-state index in [1.807, 2.05) is 0 Å². The summed E-state index contributed by atoms with van der Waals surface area (Å²) in [4.78, 5) is 48.8. The first-order valence-corrected chi connectivity index (χ1v) is 8.98. The van der Waals surface area contributed by atoms with Crippen molar-refractivity contribution in [2.45, 2.75) is 50.6 Å². The minimum Gasteiger partial charge on any atom is -0.481 e. The van der Waals surface area contributed by atoms with E-state index in [0.29, 0.717) is 6.54 Å². The van der Waals surface area contributed by atoms with Gasteiger partial charge in [0, 0.05) is 19.5 Å². The Balaban J connectivity index is -0.000000159. The maximum atomic E-state index is 9.93. The van der Waals surface area contributed by atoms with Gasteiger partial charge in [-0.3, -0.25) is 24.0 Å². The summed E-state index contributed by atoms with van der Waals surface area (Å²) < 4.78 is 0. The molecule has 15 heteroatoms. The van der Waals surface area contributed by atoms with Crippen molar-refractivity contribution < 1.29 is 49.5 Å². The molecule has 31 heavy (non-hydrogen) atoms. The molecule has 0 saturated heterocycles. The highest BCUT2D eigenvalue weighted by Crippen LogP contribution is 1.97. The Hall–Kier alpha value is -2.85. The molecule has 0 rings (SSSR count). The van der Waals surface area contributed by atoms with Gasteiger partial charge in [-0.2, -0.15) is 0 Å². The molecule has 0 spiro atoms. The van der Waals surface area contributed by atoms with E-state index in [4.69, 9.17) is 54.2 Å². The number of hydrogen-bond acceptors (Lipinski definition) is 10. The van der Waals surface area contributed by atoms with E-state index in [-0.39, 0.29) is 25.9 Å². The average molecular weight is 457 g/mol. The lowest BCUT2D eigenvalue weighted by atomic mass is 10.2. The lowest BCUT2D eigenvalue weighted by Crippen LogP contribution is -2.37. The summed E-state index contributed by atoms with van der Waals surface area (Å²) in [5.74, 6) is -5.10. The van der Waals surface area contributed by atoms with Gasteiger partial charge in [-0.05, 0) is 19.4 Å². The van der Waals surface area contributed by atoms with E-state index in [1.54, 1.807) is 0 Å². The Kier molecular flexibility index (Phi) is 28.9. The van der Waals surface area contributed by atoms with Crippen LogP contribution in [0.3, 0.4) is 0 Å². The van der Waals surface area contributed by atoms with Crippen LogP contribution < -0.4 is 28.7 Å². The summed E-state index contributed by atoms with van der Waals surface area (Å²) in [7, 11) is 0. The third kappa shape index (κ3) is 42.3. The van der Waals surface area contributed by atoms with Crippen LogP contribution in [0.2, 0.25) is 0 Å². The predicted octanol–water partition coefficient (Wildman–Crippen LogP) is -2.76. The molecular weight excluding hydrogens is 422 g/mol. The Morgan fingerprint density at radius 2 is 1.03 bits per heavy atom. The molecule has 0 aromatic carbocycles. The van der Waals surface area contributed by atoms with E-state index >= 15 is 0 Å². The molecule has 0 aliphatic rings. The fraction of sp³-hybridized carbons (Fsp3) is 0.688. The van der Waals surface area contributed by atoms with E-state index in [1.165, 1.54) is 0 Å². The normalized spacial score (nSPS) is 11.0. The maximum Gasteiger partial charge on any atom is 0.321 e. The number of carboxylic acids is 5. The molecule has 0 aliphatic heterocycles. The lowest BCUT2D eigenvalue weighted by Gasteiger charge is -1.99. The van der Waals surface area contributed by atoms with Crippen LogP contribution in [0.4, 0.5) is 0 Å². The molecular formula is C16H35N5O10. The van der Waals surface area contributed by atoms with Crippen molar-refractivity contribution in [3.05, 3.63) is 0 Å². The van der Waals surface area contributed by atoms with E-state index < -0.39 is 48.4 Å². The lowest BCUT2D eigenvalue weighted by molar-refractivity contribution is -0.144. The van der Waals surface area contributed by atoms with Gasteiger partial charge in [0.15, 0.2) is 0 Å². The fourth-order valence-electron chi connectivity index (χ4n) is 1.10. The van der Waals surface area contributed by atoms with Crippen LogP contribution in [0.15, 0.2) is 0 Å². The largest absolute Gasteiger partial charge is 0.481 e. The first-order valence-electron chi connectivity index (χ1n) is 8.98. The van der Waals surface area contributed by atoms with Gasteiger partial charge in [0.05, 0.1) is 12.8 Å². The SMILES string of the molecule is NC(CC(=O)O)C(=O)O.NCC(N)C(=O)O.NCCC(=O)O.NCCCCCC(=O)O. The molecule has 2 unspecified atom stereocenters. The summed E-state index contributed by atoms with van der Waals surface area (Å²) in [5.41, 5.74) is 24.6. The number of rotatable bonds is 12. The molecule has 15 N–H and O–H groups in total. The standard InChI is InChI=1S/C6H13NO2.C4H7NO4.C3H8N2O2.C3H7NO2/c7-5-3-1-2-4-6(8)9;5-2(4(8)9)1-3(6)7;4-1-2(5)3(6)7;4-2-1-3(5)6/h1-5,7H2,(H,8,9);2H,1,5H2,(H,6,7)(H,8,9);2H,1,4-5H2,(H,6,7);1-2,4H2,(H,5,6). The summed E-state index contributed by atoms with van der Waals surface area (Å²) in [6.07, 6.45) is 2.44. The Morgan fingerprint density at radius 3 is 1.19 bits per heavy atom. The molecule has 0 aliphatic carbocycles. The van der Waals surface area contributed by atoms with Crippen LogP contribution in [0, 0.1) is 0 Å². The highest BCUT2D eigenvalue weighted by molar-refractivity contribution is 5.80. The van der Waals surface area contributed by atoms with Gasteiger partial charge in [-0.25, -0.2) is 0 Å². The van der Waals surface area contributed by atoms with Gasteiger partial charge in [0.2, 0.25) is 0 Å². The molecule has 0 heterocycles. The maximum absolute atomic E-state index is 9.93. The van der Waals surface area contributed by atoms with Crippen molar-refractivity contribution in [3.63, 3.8) is 0 Å². The average Bonchev–Trinajstić information content (AvgIpc) is 2.65. The second kappa shape index (κ2) is 25.2. The van der Waals surface area contributed by atoms with Crippen LogP contribution in [-0.2, 0) is 24.0 Å². The van der Waals surface area contributed by atoms with Gasteiger partial charge < -0.3 is 54.2 Å². The molecule has 15 nitrogen and oxygen atoms in total. The Morgan fingerprint density at radius 1 is 0.581 bits per heavy atom. The highest BCUT2D eigenvalue weighted by atomic mass is 16.4. The molecule has 0 fully saturated rings. The van der Waals surface area contributed by atoms with Crippen molar-refractivity contribution >= 4 is 29.8 Å². The van der Waals surface area contributed by atoms with Crippen LogP contribution in [0.5, 0.6) is 0 Å². The second-order valence-corrected chi connectivity index (χ2v) is 5.65. The number of carbonyl (C=O) groups is 5. The third-order valence-corrected chi connectivity index (χ3v) is 2.74. The van der Waals surface area contributed by atoms with Crippen molar-refractivity contribution in [2.75, 3.05) is 19.6 Å². The molecule has 0 saturated carbocycles. The van der Waals surface area contributed by atoms with Crippen LogP contribution >= 0.6 is 0 Å². The first kappa shape index (κ1) is 35.6. The topological polar surface area (TPSA) is 317 Å². The van der Waals surface area contributed by atoms with Gasteiger partial charge >= 0.3 is 29.8 Å². The molecule has 0 amide bonds. The summed E-state index contributed by atoms with van der Waals surface area (Å²) in [5, 5.41) is 40.0. The van der Waals surface area contributed by atoms with Gasteiger partial charge in [-0.1, -0.05) is 6.42 Å². The minimum atomic E-state index is -1.29. The zero-order valence-electron chi connectivity index (χ0n) is 17.2. The van der Waals surface area contributed by atoms with Crippen molar-refractivity contribution in [1.29, 1.82) is 0 Å². The third-order valence-electron chi connectivity index (χ3n) is 2.74. The summed E-state index contributed by atoms with van der Waals surface area (Å²) >= 11 is 0. The van der Waals surface area contributed by atoms with Crippen LogP contribution in [-0.4, -0.2) is 87.1 Å². The van der Waals surface area contributed by atoms with Crippen molar-refractivity contribution in [1.82, 2.24) is 0 Å². The van der Waals surface area contributed by atoms with E-state index in [9.17, 15) is 24.0 Å². The number of hydrogen-bond donors (Lipinski definition) is 10. The second-order valence-electron chi connectivity index (χ2n) is 5.65. The summed E-state index contributed by atoms with van der Waals surface area (Å²) in [6, 6.07) is -2.19. The Labute approximate surface area is 179 Å². The van der Waals surface area contributed by atoms with Gasteiger partial charge in [-0.15, -0.1) is 0 Å². The number of carboxylic acid groups (broad SMARTS) is 5. The van der Waals surface area contributed by atoms with E-state index in [2.05, 4.69) is 0 Å². The molecule has 2 atom stereocenters. The highest BCUT2D eigenvalue weighted by Gasteiger charge is 2.14. The zero-order valence-corrected chi connectivity index (χ0v) is 17.2. The number of aliphatic carboxylic acids is 5. The molecule has 0 bridgehead atoms. The van der Waals surface area contributed by atoms with Crippen LogP contribution in [0.25, 0.3) is 0 Å². The quantitative estimate of drug-likeness (QED) is 0.133. The van der Waals surface area contributed by atoms with Crippen molar-refractivity contribution in [2.24, 2.45) is 28.7 Å². The van der Waals surface area contributed by atoms with Crippen molar-refractivity contribution in [3.8, 4) is 0 Å². The number of unbranched alkanes of at least 4 members (excludes halogenated alkanes) is 2. The zero-order chi connectivity index (χ0) is 25.4. The minimum absolute atomic E-state index is 0.00463. The molecule has 0 aromatic heterocycles. The van der Waals surface area contributed by atoms with Gasteiger partial charge in [0.25, 0.3) is 0 Å². The molecule has 0 radical (unpaired) electrons. The Bertz CT molecular complexity index is 519. The smallest absolute Gasteiger partial charge is 0.321 e. The number of nitrogens with two attached hydrogens (primary N) is 5. The molecule has 0 aromatic rings. The van der Waals surface area contributed by atoms with Gasteiger partial charge in [0.1, 0.15) is 12.1 Å².